The number of aromatic nitrogens is 2. The van der Waals surface area contributed by atoms with Crippen molar-refractivity contribution in [3.63, 3.8) is 0 Å². The van der Waals surface area contributed by atoms with Gasteiger partial charge in [-0.15, -0.1) is 0 Å². The molecule has 0 fully saturated rings. The zero-order chi connectivity index (χ0) is 13.1. The molecule has 0 bridgehead atoms. The maximum absolute atomic E-state index is 3.98. The van der Waals surface area contributed by atoms with Gasteiger partial charge >= 0.3 is 0 Å². The summed E-state index contributed by atoms with van der Waals surface area (Å²) in [6.45, 7) is 2.15. The quantitative estimate of drug-likeness (QED) is 0.801. The number of aryl methyl sites for hydroxylation is 1. The molecule has 2 aromatic rings. The Balaban J connectivity index is 1.92. The van der Waals surface area contributed by atoms with Crippen molar-refractivity contribution in [2.75, 3.05) is 5.32 Å². The number of H-pyrrole nitrogens is 1. The molecule has 98 valence electrons. The van der Waals surface area contributed by atoms with E-state index >= 15 is 0 Å². The first-order valence-corrected chi connectivity index (χ1v) is 6.85. The van der Waals surface area contributed by atoms with Gasteiger partial charge in [0.1, 0.15) is 5.82 Å². The number of anilines is 2. The smallest absolute Gasteiger partial charge is 0.125 e. The molecule has 1 aliphatic rings. The molecule has 3 nitrogen and oxygen atoms in total. The first kappa shape index (κ1) is 12.0. The average Bonchev–Trinajstić information content (AvgIpc) is 2.95. The van der Waals surface area contributed by atoms with Gasteiger partial charge in [-0.25, -0.2) is 0 Å². The van der Waals surface area contributed by atoms with Crippen molar-refractivity contribution >= 4 is 11.5 Å². The monoisotopic (exact) mass is 253 g/mol. The maximum Gasteiger partial charge on any atom is 0.125 e. The van der Waals surface area contributed by atoms with E-state index in [4.69, 9.17) is 0 Å². The summed E-state index contributed by atoms with van der Waals surface area (Å²) < 4.78 is 0. The predicted molar refractivity (Wildman–Crippen MR) is 78.8 cm³/mol. The van der Waals surface area contributed by atoms with Gasteiger partial charge in [-0.05, 0) is 43.7 Å². The summed E-state index contributed by atoms with van der Waals surface area (Å²) in [5.74, 6) is 1.56. The Kier molecular flexibility index (Phi) is 3.36. The highest BCUT2D eigenvalue weighted by molar-refractivity contribution is 5.62. The van der Waals surface area contributed by atoms with Crippen LogP contribution in [-0.4, -0.2) is 10.2 Å². The number of aromatic amines is 1. The second-order valence-electron chi connectivity index (χ2n) is 5.17. The van der Waals surface area contributed by atoms with Crippen LogP contribution in [0.5, 0.6) is 0 Å². The third-order valence-corrected chi connectivity index (χ3v) is 3.69. The molecule has 1 aromatic heterocycles. The number of nitrogens with one attached hydrogen (secondary N) is 2. The van der Waals surface area contributed by atoms with Crippen LogP contribution < -0.4 is 5.32 Å². The van der Waals surface area contributed by atoms with E-state index in [1.807, 2.05) is 6.07 Å². The molecule has 1 aromatic carbocycles. The molecular formula is C16H19N3. The highest BCUT2D eigenvalue weighted by atomic mass is 15.2. The van der Waals surface area contributed by atoms with Gasteiger partial charge in [0.25, 0.3) is 0 Å². The van der Waals surface area contributed by atoms with E-state index in [0.29, 0.717) is 5.92 Å². The Hall–Kier alpha value is -2.03. The summed E-state index contributed by atoms with van der Waals surface area (Å²) in [6.07, 6.45) is 9.91. The minimum Gasteiger partial charge on any atom is -0.340 e. The van der Waals surface area contributed by atoms with Gasteiger partial charge in [0, 0.05) is 11.8 Å². The summed E-state index contributed by atoms with van der Waals surface area (Å²) in [7, 11) is 0. The second-order valence-corrected chi connectivity index (χ2v) is 5.17. The SMILES string of the molecule is Cc1ccc(Nc2ccn[nH]2)c(C2CC=CCC2)c1. The Labute approximate surface area is 113 Å². The van der Waals surface area contributed by atoms with Crippen molar-refractivity contribution in [2.45, 2.75) is 32.1 Å². The van der Waals surface area contributed by atoms with Gasteiger partial charge in [0.05, 0.1) is 6.20 Å². The fourth-order valence-corrected chi connectivity index (χ4v) is 2.68. The Morgan fingerprint density at radius 2 is 2.21 bits per heavy atom. The lowest BCUT2D eigenvalue weighted by Gasteiger charge is -2.22. The molecule has 1 heterocycles. The molecule has 19 heavy (non-hydrogen) atoms. The van der Waals surface area contributed by atoms with Crippen LogP contribution >= 0.6 is 0 Å². The largest absolute Gasteiger partial charge is 0.340 e. The molecule has 3 heteroatoms. The van der Waals surface area contributed by atoms with Crippen LogP contribution in [0.25, 0.3) is 0 Å². The van der Waals surface area contributed by atoms with E-state index in [2.05, 4.69) is 52.8 Å². The molecular weight excluding hydrogens is 234 g/mol. The fraction of sp³-hybridized carbons (Fsp3) is 0.312. The summed E-state index contributed by atoms with van der Waals surface area (Å²) >= 11 is 0. The van der Waals surface area contributed by atoms with E-state index in [9.17, 15) is 0 Å². The van der Waals surface area contributed by atoms with Crippen LogP contribution in [0.1, 0.15) is 36.3 Å². The zero-order valence-corrected chi connectivity index (χ0v) is 11.2. The lowest BCUT2D eigenvalue weighted by atomic mass is 9.86. The molecule has 0 saturated carbocycles. The Morgan fingerprint density at radius 1 is 1.26 bits per heavy atom. The molecule has 0 spiro atoms. The zero-order valence-electron chi connectivity index (χ0n) is 11.2. The standard InChI is InChI=1S/C16H19N3/c1-12-7-8-15(18-16-9-10-17-19-16)14(11-12)13-5-3-2-4-6-13/h2-3,7-11,13H,4-6H2,1H3,(H2,17,18,19). The highest BCUT2D eigenvalue weighted by Gasteiger charge is 2.16. The number of rotatable bonds is 3. The Bertz CT molecular complexity index is 570. The fourth-order valence-electron chi connectivity index (χ4n) is 2.68. The molecule has 0 aliphatic heterocycles. The minimum atomic E-state index is 0.621. The summed E-state index contributed by atoms with van der Waals surface area (Å²) in [5, 5.41) is 10.4. The molecule has 0 saturated heterocycles. The van der Waals surface area contributed by atoms with Crippen molar-refractivity contribution < 1.29 is 0 Å². The van der Waals surface area contributed by atoms with Crippen molar-refractivity contribution in [3.8, 4) is 0 Å². The molecule has 1 unspecified atom stereocenters. The molecule has 1 aliphatic carbocycles. The van der Waals surface area contributed by atoms with E-state index < -0.39 is 0 Å². The summed E-state index contributed by atoms with van der Waals surface area (Å²) in [5.41, 5.74) is 3.92. The third-order valence-electron chi connectivity index (χ3n) is 3.69. The lowest BCUT2D eigenvalue weighted by Crippen LogP contribution is -2.05. The number of nitrogens with zero attached hydrogens (tertiary/aromatic N) is 1. The van der Waals surface area contributed by atoms with E-state index in [-0.39, 0.29) is 0 Å². The van der Waals surface area contributed by atoms with Gasteiger partial charge in [0.2, 0.25) is 0 Å². The van der Waals surface area contributed by atoms with Crippen molar-refractivity contribution in [2.24, 2.45) is 0 Å². The van der Waals surface area contributed by atoms with Crippen LogP contribution in [-0.2, 0) is 0 Å². The van der Waals surface area contributed by atoms with Gasteiger partial charge in [-0.3, -0.25) is 5.10 Å². The van der Waals surface area contributed by atoms with Crippen LogP contribution in [0, 0.1) is 6.92 Å². The van der Waals surface area contributed by atoms with Gasteiger partial charge < -0.3 is 5.32 Å². The number of benzene rings is 1. The first-order chi connectivity index (χ1) is 9.33. The minimum absolute atomic E-state index is 0.621. The van der Waals surface area contributed by atoms with Crippen LogP contribution in [0.2, 0.25) is 0 Å². The molecule has 0 amide bonds. The topological polar surface area (TPSA) is 40.7 Å². The second kappa shape index (κ2) is 5.31. The van der Waals surface area contributed by atoms with E-state index in [1.54, 1.807) is 6.20 Å². The molecule has 1 atom stereocenters. The van der Waals surface area contributed by atoms with Crippen LogP contribution in [0.15, 0.2) is 42.6 Å². The molecule has 0 radical (unpaired) electrons. The first-order valence-electron chi connectivity index (χ1n) is 6.85. The van der Waals surface area contributed by atoms with Crippen LogP contribution in [0.4, 0.5) is 11.5 Å². The highest BCUT2D eigenvalue weighted by Crippen LogP contribution is 2.35. The van der Waals surface area contributed by atoms with Crippen LogP contribution in [0.3, 0.4) is 0 Å². The van der Waals surface area contributed by atoms with E-state index in [1.165, 1.54) is 29.7 Å². The number of hydrogen-bond acceptors (Lipinski definition) is 2. The Morgan fingerprint density at radius 3 is 2.95 bits per heavy atom. The normalized spacial score (nSPS) is 18.5. The van der Waals surface area contributed by atoms with Crippen molar-refractivity contribution in [1.82, 2.24) is 10.2 Å². The van der Waals surface area contributed by atoms with Gasteiger partial charge in [0.15, 0.2) is 0 Å². The predicted octanol–water partition coefficient (Wildman–Crippen LogP) is 4.29. The van der Waals surface area contributed by atoms with Gasteiger partial charge in [-0.1, -0.05) is 29.8 Å². The van der Waals surface area contributed by atoms with Crippen molar-refractivity contribution in [1.29, 1.82) is 0 Å². The molecule has 3 rings (SSSR count). The van der Waals surface area contributed by atoms with Gasteiger partial charge in [-0.2, -0.15) is 5.10 Å². The van der Waals surface area contributed by atoms with E-state index in [0.717, 1.165) is 12.2 Å². The summed E-state index contributed by atoms with van der Waals surface area (Å²) in [4.78, 5) is 0. The van der Waals surface area contributed by atoms with Crippen molar-refractivity contribution in [3.05, 3.63) is 53.7 Å². The number of hydrogen-bond donors (Lipinski definition) is 2. The average molecular weight is 253 g/mol. The number of allylic oxidation sites excluding steroid dienone is 2. The maximum atomic E-state index is 3.98. The third kappa shape index (κ3) is 2.70. The summed E-state index contributed by atoms with van der Waals surface area (Å²) in [6, 6.07) is 8.58. The molecule has 2 N–H and O–H groups in total. The lowest BCUT2D eigenvalue weighted by molar-refractivity contribution is 0.618.